The van der Waals surface area contributed by atoms with Crippen molar-refractivity contribution in [3.8, 4) is 0 Å². The van der Waals surface area contributed by atoms with Crippen molar-refractivity contribution in [3.63, 3.8) is 0 Å². The van der Waals surface area contributed by atoms with Gasteiger partial charge >= 0.3 is 0 Å². The van der Waals surface area contributed by atoms with Crippen LogP contribution >= 0.6 is 0 Å². The van der Waals surface area contributed by atoms with Gasteiger partial charge in [0.05, 0.1) is 11.0 Å². The fraction of sp³-hybridized carbons (Fsp3) is 0.533. The summed E-state index contributed by atoms with van der Waals surface area (Å²) in [4.78, 5) is 4.63. The molecule has 0 amide bonds. The number of imidazole rings is 1. The average molecular weight is 245 g/mol. The molecule has 2 atom stereocenters. The minimum Gasteiger partial charge on any atom is -0.325 e. The van der Waals surface area contributed by atoms with Crippen molar-refractivity contribution in [1.82, 2.24) is 14.9 Å². The molecule has 3 heteroatoms. The van der Waals surface area contributed by atoms with Crippen LogP contribution in [0.2, 0.25) is 0 Å². The summed E-state index contributed by atoms with van der Waals surface area (Å²) >= 11 is 0. The molecular formula is C15H23N3. The van der Waals surface area contributed by atoms with Crippen molar-refractivity contribution in [2.75, 3.05) is 6.54 Å². The second-order valence-electron chi connectivity index (χ2n) is 5.06. The first kappa shape index (κ1) is 13.1. The lowest BCUT2D eigenvalue weighted by molar-refractivity contribution is 0.420. The van der Waals surface area contributed by atoms with Crippen LogP contribution in [0.4, 0.5) is 0 Å². The minimum absolute atomic E-state index is 0.464. The van der Waals surface area contributed by atoms with E-state index >= 15 is 0 Å². The summed E-state index contributed by atoms with van der Waals surface area (Å²) in [5.41, 5.74) is 2.34. The third-order valence-corrected chi connectivity index (χ3v) is 3.46. The van der Waals surface area contributed by atoms with Crippen molar-refractivity contribution >= 4 is 11.0 Å². The maximum Gasteiger partial charge on any atom is 0.106 e. The molecule has 1 aromatic heterocycles. The van der Waals surface area contributed by atoms with Crippen molar-refractivity contribution < 1.29 is 0 Å². The van der Waals surface area contributed by atoms with Crippen LogP contribution in [0.1, 0.15) is 39.1 Å². The Labute approximate surface area is 109 Å². The SMILES string of the molecule is CCNC(C)CC(C)n1c(C)nc2ccccc21. The molecule has 0 spiro atoms. The van der Waals surface area contributed by atoms with Crippen molar-refractivity contribution in [3.05, 3.63) is 30.1 Å². The number of hydrogen-bond acceptors (Lipinski definition) is 2. The summed E-state index contributed by atoms with van der Waals surface area (Å²) in [6.45, 7) is 9.79. The van der Waals surface area contributed by atoms with E-state index < -0.39 is 0 Å². The summed E-state index contributed by atoms with van der Waals surface area (Å²) < 4.78 is 2.35. The highest BCUT2D eigenvalue weighted by atomic mass is 15.1. The Bertz CT molecular complexity index is 515. The summed E-state index contributed by atoms with van der Waals surface area (Å²) in [6, 6.07) is 9.37. The van der Waals surface area contributed by atoms with E-state index in [1.165, 1.54) is 5.52 Å². The zero-order chi connectivity index (χ0) is 13.1. The number of hydrogen-bond donors (Lipinski definition) is 1. The van der Waals surface area contributed by atoms with Gasteiger partial charge in [0, 0.05) is 12.1 Å². The highest BCUT2D eigenvalue weighted by Crippen LogP contribution is 2.23. The molecule has 0 aliphatic carbocycles. The number of benzene rings is 1. The van der Waals surface area contributed by atoms with Gasteiger partial charge in [-0.3, -0.25) is 0 Å². The molecule has 98 valence electrons. The summed E-state index contributed by atoms with van der Waals surface area (Å²) in [6.07, 6.45) is 1.12. The second-order valence-corrected chi connectivity index (χ2v) is 5.06. The van der Waals surface area contributed by atoms with Gasteiger partial charge in [-0.1, -0.05) is 19.1 Å². The predicted octanol–water partition coefficient (Wildman–Crippen LogP) is 3.29. The topological polar surface area (TPSA) is 29.9 Å². The van der Waals surface area contributed by atoms with E-state index in [4.69, 9.17) is 0 Å². The molecule has 1 aromatic carbocycles. The maximum atomic E-state index is 4.63. The van der Waals surface area contributed by atoms with Gasteiger partial charge in [-0.15, -0.1) is 0 Å². The van der Waals surface area contributed by atoms with Gasteiger partial charge < -0.3 is 9.88 Å². The van der Waals surface area contributed by atoms with Crippen LogP contribution in [-0.4, -0.2) is 22.1 Å². The van der Waals surface area contributed by atoms with Crippen molar-refractivity contribution in [2.24, 2.45) is 0 Å². The largest absolute Gasteiger partial charge is 0.325 e. The normalized spacial score (nSPS) is 14.9. The zero-order valence-corrected chi connectivity index (χ0v) is 11.8. The molecule has 0 saturated heterocycles. The Hall–Kier alpha value is -1.35. The Morgan fingerprint density at radius 2 is 2.00 bits per heavy atom. The van der Waals surface area contributed by atoms with Crippen LogP contribution in [0.3, 0.4) is 0 Å². The van der Waals surface area contributed by atoms with Crippen LogP contribution in [-0.2, 0) is 0 Å². The maximum absolute atomic E-state index is 4.63. The van der Waals surface area contributed by atoms with Crippen molar-refractivity contribution in [1.29, 1.82) is 0 Å². The number of rotatable bonds is 5. The van der Waals surface area contributed by atoms with Crippen LogP contribution in [0.15, 0.2) is 24.3 Å². The minimum atomic E-state index is 0.464. The van der Waals surface area contributed by atoms with Crippen molar-refractivity contribution in [2.45, 2.75) is 46.2 Å². The predicted molar refractivity (Wildman–Crippen MR) is 76.9 cm³/mol. The smallest absolute Gasteiger partial charge is 0.106 e. The first-order valence-electron chi connectivity index (χ1n) is 6.80. The Balaban J connectivity index is 2.27. The summed E-state index contributed by atoms with van der Waals surface area (Å²) in [5, 5.41) is 3.47. The van der Waals surface area contributed by atoms with Gasteiger partial charge in [-0.25, -0.2) is 4.98 Å². The third kappa shape index (κ3) is 2.56. The summed E-state index contributed by atoms with van der Waals surface area (Å²) in [5.74, 6) is 1.10. The highest BCUT2D eigenvalue weighted by Gasteiger charge is 2.15. The van der Waals surface area contributed by atoms with Gasteiger partial charge in [-0.2, -0.15) is 0 Å². The number of nitrogens with zero attached hydrogens (tertiary/aromatic N) is 2. The molecule has 0 fully saturated rings. The van der Waals surface area contributed by atoms with E-state index in [-0.39, 0.29) is 0 Å². The monoisotopic (exact) mass is 245 g/mol. The molecule has 0 saturated carbocycles. The van der Waals surface area contributed by atoms with E-state index in [0.29, 0.717) is 12.1 Å². The first-order valence-corrected chi connectivity index (χ1v) is 6.80. The number of nitrogens with one attached hydrogen (secondary N) is 1. The number of aromatic nitrogens is 2. The number of aryl methyl sites for hydroxylation is 1. The Morgan fingerprint density at radius 3 is 2.72 bits per heavy atom. The molecule has 0 bridgehead atoms. The molecule has 1 N–H and O–H groups in total. The Morgan fingerprint density at radius 1 is 1.28 bits per heavy atom. The second kappa shape index (κ2) is 5.53. The van der Waals surface area contributed by atoms with Gasteiger partial charge in [0.2, 0.25) is 0 Å². The number of fused-ring (bicyclic) bond motifs is 1. The first-order chi connectivity index (χ1) is 8.63. The van der Waals surface area contributed by atoms with E-state index in [2.05, 4.69) is 60.8 Å². The molecule has 1 heterocycles. The van der Waals surface area contributed by atoms with Crippen LogP contribution in [0.25, 0.3) is 11.0 Å². The Kier molecular flexibility index (Phi) is 4.02. The lowest BCUT2D eigenvalue weighted by atomic mass is 10.1. The molecule has 2 rings (SSSR count). The molecule has 2 aromatic rings. The molecule has 0 aliphatic heterocycles. The standard InChI is InChI=1S/C15H23N3/c1-5-16-11(2)10-12(3)18-13(4)17-14-8-6-7-9-15(14)18/h6-9,11-12,16H,5,10H2,1-4H3. The van der Waals surface area contributed by atoms with Crippen LogP contribution in [0.5, 0.6) is 0 Å². The van der Waals surface area contributed by atoms with Gasteiger partial charge in [0.1, 0.15) is 5.82 Å². The zero-order valence-electron chi connectivity index (χ0n) is 11.8. The molecule has 18 heavy (non-hydrogen) atoms. The molecular weight excluding hydrogens is 222 g/mol. The van der Waals surface area contributed by atoms with E-state index in [1.54, 1.807) is 0 Å². The van der Waals surface area contributed by atoms with E-state index in [9.17, 15) is 0 Å². The average Bonchev–Trinajstić information content (AvgIpc) is 2.64. The highest BCUT2D eigenvalue weighted by molar-refractivity contribution is 5.76. The van der Waals surface area contributed by atoms with Crippen LogP contribution in [0, 0.1) is 6.92 Å². The van der Waals surface area contributed by atoms with Gasteiger partial charge in [0.15, 0.2) is 0 Å². The third-order valence-electron chi connectivity index (χ3n) is 3.46. The molecule has 0 aliphatic rings. The molecule has 0 radical (unpaired) electrons. The van der Waals surface area contributed by atoms with E-state index in [0.717, 1.165) is 24.3 Å². The fourth-order valence-electron chi connectivity index (χ4n) is 2.77. The quantitative estimate of drug-likeness (QED) is 0.876. The number of para-hydroxylation sites is 2. The van der Waals surface area contributed by atoms with Crippen LogP contribution < -0.4 is 5.32 Å². The summed E-state index contributed by atoms with van der Waals surface area (Å²) in [7, 11) is 0. The fourth-order valence-corrected chi connectivity index (χ4v) is 2.77. The van der Waals surface area contributed by atoms with Gasteiger partial charge in [-0.05, 0) is 45.9 Å². The lowest BCUT2D eigenvalue weighted by Gasteiger charge is -2.21. The molecule has 3 nitrogen and oxygen atoms in total. The molecule has 2 unspecified atom stereocenters. The lowest BCUT2D eigenvalue weighted by Crippen LogP contribution is -2.28. The van der Waals surface area contributed by atoms with E-state index in [1.807, 2.05) is 6.07 Å². The van der Waals surface area contributed by atoms with Gasteiger partial charge in [0.25, 0.3) is 0 Å².